The van der Waals surface area contributed by atoms with Crippen LogP contribution >= 0.6 is 0 Å². The van der Waals surface area contributed by atoms with Crippen LogP contribution in [-0.4, -0.2) is 250 Å². The number of benzene rings is 1. The summed E-state index contributed by atoms with van der Waals surface area (Å²) in [7, 11) is 0. The summed E-state index contributed by atoms with van der Waals surface area (Å²) in [5, 5.41) is 46.8. The average Bonchev–Trinajstić information content (AvgIpc) is 1.48. The SMILES string of the molecule is CC1=C[C@H]2O[C@@H]3C[C@H]4OC(=O)/C=C\C=C\C(=O)OCC[C@@H](C)[C@@H](NC(=O)OCc5ccc(O[C@@H]6O[C@H](CO)[C@H](O)[C@H](O)[C@H]6O)c(NC(=O)CCOCCOCCOCCOCCOCCOCCOCCOCCN)c5)C(=O)OC[C@@]2(CC1)[C@]4(C)[C@]31CO1. The van der Waals surface area contributed by atoms with Crippen molar-refractivity contribution < 1.29 is 120 Å². The summed E-state index contributed by atoms with van der Waals surface area (Å²) in [5.41, 5.74) is 4.18. The van der Waals surface area contributed by atoms with Gasteiger partial charge in [-0.2, -0.15) is 0 Å². The minimum Gasteiger partial charge on any atom is -0.463 e. The highest BCUT2D eigenvalue weighted by Crippen LogP contribution is 2.72. The van der Waals surface area contributed by atoms with E-state index in [1.807, 2.05) is 19.9 Å². The lowest BCUT2D eigenvalue weighted by atomic mass is 9.51. The van der Waals surface area contributed by atoms with Crippen molar-refractivity contribution in [3.8, 4) is 5.75 Å². The molecule has 1 aromatic carbocycles. The van der Waals surface area contributed by atoms with E-state index in [0.717, 1.165) is 11.6 Å². The van der Waals surface area contributed by atoms with Gasteiger partial charge in [-0.1, -0.05) is 43.7 Å². The van der Waals surface area contributed by atoms with E-state index in [9.17, 15) is 44.4 Å². The van der Waals surface area contributed by atoms with Crippen LogP contribution in [0.1, 0.15) is 58.4 Å². The number of cyclic esters (lactones) is 2. The quantitative estimate of drug-likeness (QED) is 0.0167. The van der Waals surface area contributed by atoms with Crippen LogP contribution in [0.3, 0.4) is 0 Å². The Bertz CT molecular complexity index is 2480. The number of epoxide rings is 1. The molecule has 8 N–H and O–H groups in total. The molecular formula is C60H89N3O25. The zero-order valence-electron chi connectivity index (χ0n) is 50.4. The van der Waals surface area contributed by atoms with Gasteiger partial charge in [0.15, 0.2) is 0 Å². The molecule has 1 aromatic rings. The van der Waals surface area contributed by atoms with E-state index in [1.54, 1.807) is 6.92 Å². The molecule has 4 fully saturated rings. The molecule has 0 aromatic heterocycles. The molecule has 2 aliphatic carbocycles. The predicted molar refractivity (Wildman–Crippen MR) is 306 cm³/mol. The summed E-state index contributed by atoms with van der Waals surface area (Å²) in [6.45, 7) is 11.0. The van der Waals surface area contributed by atoms with Crippen LogP contribution in [0.15, 0.2) is 54.2 Å². The third-order valence-electron chi connectivity index (χ3n) is 16.6. The Hall–Kier alpha value is -5.25. The number of esters is 3. The van der Waals surface area contributed by atoms with Gasteiger partial charge in [0.2, 0.25) is 12.2 Å². The number of aliphatic hydroxyl groups excluding tert-OH is 4. The molecule has 13 atom stereocenters. The third kappa shape index (κ3) is 19.2. The van der Waals surface area contributed by atoms with Gasteiger partial charge in [-0.25, -0.2) is 19.2 Å². The first-order valence-corrected chi connectivity index (χ1v) is 30.1. The zero-order chi connectivity index (χ0) is 62.9. The summed E-state index contributed by atoms with van der Waals surface area (Å²) in [6, 6.07) is 2.96. The number of amides is 2. The highest BCUT2D eigenvalue weighted by atomic mass is 16.7. The molecule has 7 rings (SSSR count). The molecule has 88 heavy (non-hydrogen) atoms. The van der Waals surface area contributed by atoms with E-state index in [4.69, 9.17) is 81.5 Å². The van der Waals surface area contributed by atoms with Crippen LogP contribution in [0.5, 0.6) is 5.75 Å². The normalized spacial score (nSPS) is 31.2. The lowest BCUT2D eigenvalue weighted by Crippen LogP contribution is -2.67. The first kappa shape index (κ1) is 70.2. The van der Waals surface area contributed by atoms with Gasteiger partial charge in [-0.3, -0.25) is 4.79 Å². The van der Waals surface area contributed by atoms with Gasteiger partial charge < -0.3 is 113 Å². The second-order valence-corrected chi connectivity index (χ2v) is 22.3. The van der Waals surface area contributed by atoms with Gasteiger partial charge in [0.1, 0.15) is 61.1 Å². The van der Waals surface area contributed by atoms with Gasteiger partial charge >= 0.3 is 24.0 Å². The number of allylic oxidation sites excluding steroid dienone is 3. The predicted octanol–water partition coefficient (Wildman–Crippen LogP) is 0.704. The fraction of sp³-hybridized carbons (Fsp3) is 0.717. The van der Waals surface area contributed by atoms with E-state index >= 15 is 0 Å². The Morgan fingerprint density at radius 3 is 1.92 bits per heavy atom. The fourth-order valence-corrected chi connectivity index (χ4v) is 11.4. The number of anilines is 1. The zero-order valence-corrected chi connectivity index (χ0v) is 50.4. The van der Waals surface area contributed by atoms with Crippen molar-refractivity contribution in [1.82, 2.24) is 5.32 Å². The number of nitrogens with one attached hydrogen (secondary N) is 2. The van der Waals surface area contributed by atoms with Crippen molar-refractivity contribution in [2.75, 3.05) is 144 Å². The number of ether oxygens (including phenoxy) is 16. The van der Waals surface area contributed by atoms with Crippen molar-refractivity contribution in [1.29, 1.82) is 0 Å². The molecule has 28 nitrogen and oxygen atoms in total. The van der Waals surface area contributed by atoms with Crippen LogP contribution < -0.4 is 21.1 Å². The first-order valence-electron chi connectivity index (χ1n) is 30.1. The molecule has 2 bridgehead atoms. The highest BCUT2D eigenvalue weighted by Gasteiger charge is 2.83. The van der Waals surface area contributed by atoms with Crippen molar-refractivity contribution in [2.45, 2.75) is 120 Å². The molecule has 2 amide bonds. The summed E-state index contributed by atoms with van der Waals surface area (Å²) in [4.78, 5) is 67.6. The first-order chi connectivity index (χ1) is 42.5. The number of hydrogen-bond acceptors (Lipinski definition) is 26. The van der Waals surface area contributed by atoms with Crippen molar-refractivity contribution in [3.63, 3.8) is 0 Å². The largest absolute Gasteiger partial charge is 0.463 e. The Morgan fingerprint density at radius 1 is 0.739 bits per heavy atom. The number of nitrogens with two attached hydrogens (primary N) is 1. The standard InChI is InChI=1S/C60H89N3O25/c1-39-10-13-59-37-83-55(71)51(40(2)11-16-81-49(66)6-4-5-7-50(67)88-45-34-47(87-46(59)32-39)60(38-84-60)58(45,59)3)63-57(72)82-36-41-8-9-43(85-56-54(70)53(69)52(68)44(35-64)86-56)42(33-41)62-48(65)12-15-73-18-20-75-22-24-77-26-28-79-30-31-80-29-27-78-25-23-76-21-19-74-17-14-61/h4-9,32-33,40,44-47,51-54,56,64,68-70H,10-31,34-38,61H2,1-3H3,(H,62,65)(H,63,72)/b6-4+,7-5-/t40-,44-,45-,46-,47-,51-,52+,53+,54-,56-,58-,59-,60+/m1/s1. The fourth-order valence-electron chi connectivity index (χ4n) is 11.4. The molecule has 2 spiro atoms. The second kappa shape index (κ2) is 35.4. The van der Waals surface area contributed by atoms with Crippen LogP contribution in [0, 0.1) is 16.7 Å². The molecule has 1 saturated carbocycles. The molecule has 3 saturated heterocycles. The minimum absolute atomic E-state index is 0.0108. The monoisotopic (exact) mass is 1250 g/mol. The molecule has 494 valence electrons. The topological polar surface area (TPSA) is 367 Å². The van der Waals surface area contributed by atoms with Crippen molar-refractivity contribution >= 4 is 35.6 Å². The van der Waals surface area contributed by atoms with E-state index in [2.05, 4.69) is 10.6 Å². The number of aliphatic hydroxyl groups is 4. The Labute approximate surface area is 511 Å². The number of rotatable bonds is 33. The Balaban J connectivity index is 0.890. The number of alkyl carbamates (subject to hydrolysis) is 1. The van der Waals surface area contributed by atoms with Gasteiger partial charge in [0.25, 0.3) is 0 Å². The molecule has 0 radical (unpaired) electrons. The molecular weight excluding hydrogens is 1160 g/mol. The van der Waals surface area contributed by atoms with Crippen LogP contribution in [0.4, 0.5) is 10.5 Å². The Morgan fingerprint density at radius 2 is 1.33 bits per heavy atom. The van der Waals surface area contributed by atoms with Gasteiger partial charge in [0.05, 0.1) is 155 Å². The van der Waals surface area contributed by atoms with E-state index in [0.29, 0.717) is 124 Å². The molecule has 4 aliphatic heterocycles. The maximum atomic E-state index is 14.5. The number of hydrogen-bond donors (Lipinski definition) is 7. The summed E-state index contributed by atoms with van der Waals surface area (Å²) >= 11 is 0. The van der Waals surface area contributed by atoms with E-state index < -0.39 is 121 Å². The third-order valence-corrected chi connectivity index (χ3v) is 16.6. The van der Waals surface area contributed by atoms with E-state index in [1.165, 1.54) is 36.4 Å². The van der Waals surface area contributed by atoms with Gasteiger partial charge in [-0.15, -0.1) is 0 Å². The maximum absolute atomic E-state index is 14.5. The average molecular weight is 1250 g/mol. The molecule has 4 heterocycles. The van der Waals surface area contributed by atoms with E-state index in [-0.39, 0.29) is 57.3 Å². The lowest BCUT2D eigenvalue weighted by Gasteiger charge is -2.58. The van der Waals surface area contributed by atoms with Crippen LogP contribution in [0.2, 0.25) is 0 Å². The Kier molecular flexibility index (Phi) is 28.2. The molecule has 6 aliphatic rings. The van der Waals surface area contributed by atoms with Gasteiger partial charge in [0, 0.05) is 30.5 Å². The lowest BCUT2D eigenvalue weighted by molar-refractivity contribution is -0.277. The maximum Gasteiger partial charge on any atom is 0.408 e. The van der Waals surface area contributed by atoms with Crippen molar-refractivity contribution in [3.05, 3.63) is 59.7 Å². The second-order valence-electron chi connectivity index (χ2n) is 22.3. The van der Waals surface area contributed by atoms with Gasteiger partial charge in [-0.05, 0) is 49.8 Å². The minimum atomic E-state index is -1.78. The summed E-state index contributed by atoms with van der Waals surface area (Å²) in [5.74, 6) is -3.44. The highest BCUT2D eigenvalue weighted by molar-refractivity contribution is 5.92. The van der Waals surface area contributed by atoms with Crippen LogP contribution in [0.25, 0.3) is 0 Å². The van der Waals surface area contributed by atoms with Crippen molar-refractivity contribution in [2.24, 2.45) is 22.5 Å². The number of carbonyl (C=O) groups is 5. The smallest absolute Gasteiger partial charge is 0.408 e. The molecule has 28 heteroatoms. The summed E-state index contributed by atoms with van der Waals surface area (Å²) < 4.78 is 91.7. The number of carbonyl (C=O) groups excluding carboxylic acids is 5. The van der Waals surface area contributed by atoms with Crippen LogP contribution in [-0.2, 0) is 96.8 Å². The molecule has 0 unspecified atom stereocenters. The summed E-state index contributed by atoms with van der Waals surface area (Å²) in [6.07, 6.45) is -2.15.